The van der Waals surface area contributed by atoms with E-state index < -0.39 is 0 Å². The molecule has 0 spiro atoms. The standard InChI is InChI=1S/C20H33N5O2.HI/c1-2-21-20(23-9-6-18-5-3-4-8-22-18)24-15-19(17-7-12-27-16-17)25-10-13-26-14-11-25;/h3-5,8,17,19H,2,6-7,9-16H2,1H3,(H2,21,23,24);1H. The van der Waals surface area contributed by atoms with Gasteiger partial charge in [0, 0.05) is 63.1 Å². The van der Waals surface area contributed by atoms with Crippen molar-refractivity contribution < 1.29 is 9.47 Å². The van der Waals surface area contributed by atoms with E-state index in [4.69, 9.17) is 14.5 Å². The van der Waals surface area contributed by atoms with E-state index in [0.29, 0.717) is 12.0 Å². The maximum absolute atomic E-state index is 5.65. The fourth-order valence-corrected chi connectivity index (χ4v) is 3.71. The van der Waals surface area contributed by atoms with Gasteiger partial charge in [0.2, 0.25) is 0 Å². The van der Waals surface area contributed by atoms with Gasteiger partial charge in [-0.3, -0.25) is 14.9 Å². The maximum Gasteiger partial charge on any atom is 0.191 e. The lowest BCUT2D eigenvalue weighted by Gasteiger charge is -2.36. The first-order valence-corrected chi connectivity index (χ1v) is 10.2. The van der Waals surface area contributed by atoms with Crippen LogP contribution in [0.3, 0.4) is 0 Å². The summed E-state index contributed by atoms with van der Waals surface area (Å²) in [5, 5.41) is 6.80. The molecular formula is C20H34IN5O2. The molecule has 2 aliphatic heterocycles. The largest absolute Gasteiger partial charge is 0.381 e. The van der Waals surface area contributed by atoms with Gasteiger partial charge in [-0.05, 0) is 25.5 Å². The minimum absolute atomic E-state index is 0. The predicted molar refractivity (Wildman–Crippen MR) is 122 cm³/mol. The van der Waals surface area contributed by atoms with E-state index in [1.807, 2.05) is 18.3 Å². The first kappa shape index (κ1) is 23.3. The number of hydrogen-bond acceptors (Lipinski definition) is 5. The second-order valence-electron chi connectivity index (χ2n) is 7.06. The van der Waals surface area contributed by atoms with Gasteiger partial charge in [0.25, 0.3) is 0 Å². The number of pyridine rings is 1. The number of aromatic nitrogens is 1. The van der Waals surface area contributed by atoms with Crippen molar-refractivity contribution in [3.05, 3.63) is 30.1 Å². The molecule has 0 aliphatic carbocycles. The Morgan fingerprint density at radius 3 is 2.79 bits per heavy atom. The molecule has 7 nitrogen and oxygen atoms in total. The zero-order valence-electron chi connectivity index (χ0n) is 16.8. The monoisotopic (exact) mass is 503 g/mol. The molecule has 3 heterocycles. The van der Waals surface area contributed by atoms with Gasteiger partial charge in [-0.25, -0.2) is 0 Å². The Hall–Kier alpha value is -0.970. The molecule has 2 fully saturated rings. The fourth-order valence-electron chi connectivity index (χ4n) is 3.71. The normalized spacial score (nSPS) is 21.8. The summed E-state index contributed by atoms with van der Waals surface area (Å²) in [4.78, 5) is 11.8. The average Bonchev–Trinajstić information content (AvgIpc) is 3.24. The van der Waals surface area contributed by atoms with Crippen LogP contribution in [-0.4, -0.2) is 81.0 Å². The summed E-state index contributed by atoms with van der Waals surface area (Å²) in [5.41, 5.74) is 1.09. The van der Waals surface area contributed by atoms with Crippen molar-refractivity contribution in [1.29, 1.82) is 0 Å². The molecule has 2 unspecified atom stereocenters. The number of nitrogens with zero attached hydrogens (tertiary/aromatic N) is 3. The van der Waals surface area contributed by atoms with Crippen LogP contribution >= 0.6 is 24.0 Å². The summed E-state index contributed by atoms with van der Waals surface area (Å²) in [6, 6.07) is 6.45. The van der Waals surface area contributed by atoms with Crippen LogP contribution in [0.25, 0.3) is 0 Å². The van der Waals surface area contributed by atoms with Gasteiger partial charge in [0.1, 0.15) is 0 Å². The second kappa shape index (κ2) is 13.3. The fraction of sp³-hybridized carbons (Fsp3) is 0.700. The van der Waals surface area contributed by atoms with E-state index in [1.54, 1.807) is 0 Å². The number of rotatable bonds is 8. The Morgan fingerprint density at radius 2 is 2.11 bits per heavy atom. The topological polar surface area (TPSA) is 71.0 Å². The van der Waals surface area contributed by atoms with E-state index in [9.17, 15) is 0 Å². The number of hydrogen-bond donors (Lipinski definition) is 2. The molecule has 0 radical (unpaired) electrons. The van der Waals surface area contributed by atoms with Crippen LogP contribution in [0.4, 0.5) is 0 Å². The first-order chi connectivity index (χ1) is 13.4. The summed E-state index contributed by atoms with van der Waals surface area (Å²) >= 11 is 0. The Morgan fingerprint density at radius 1 is 1.25 bits per heavy atom. The number of nitrogens with one attached hydrogen (secondary N) is 2. The van der Waals surface area contributed by atoms with Crippen molar-refractivity contribution in [2.45, 2.75) is 25.8 Å². The van der Waals surface area contributed by atoms with E-state index in [2.05, 4.69) is 33.5 Å². The van der Waals surface area contributed by atoms with Crippen LogP contribution in [0.15, 0.2) is 29.4 Å². The van der Waals surface area contributed by atoms with Crippen molar-refractivity contribution >= 4 is 29.9 Å². The number of guanidine groups is 1. The SMILES string of the molecule is CCNC(=NCC(C1CCOC1)N1CCOCC1)NCCc1ccccn1.I. The minimum Gasteiger partial charge on any atom is -0.381 e. The lowest BCUT2D eigenvalue weighted by Crippen LogP contribution is -2.49. The predicted octanol–water partition coefficient (Wildman–Crippen LogP) is 1.53. The van der Waals surface area contributed by atoms with Gasteiger partial charge in [-0.1, -0.05) is 6.07 Å². The van der Waals surface area contributed by atoms with Crippen LogP contribution in [0.1, 0.15) is 19.0 Å². The highest BCUT2D eigenvalue weighted by Crippen LogP contribution is 2.22. The highest BCUT2D eigenvalue weighted by Gasteiger charge is 2.31. The molecule has 28 heavy (non-hydrogen) atoms. The molecule has 0 aromatic carbocycles. The quantitative estimate of drug-likeness (QED) is 0.319. The molecule has 2 atom stereocenters. The minimum atomic E-state index is 0. The van der Waals surface area contributed by atoms with Crippen LogP contribution < -0.4 is 10.6 Å². The zero-order chi connectivity index (χ0) is 18.7. The summed E-state index contributed by atoms with van der Waals surface area (Å²) < 4.78 is 11.2. The van der Waals surface area contributed by atoms with Crippen LogP contribution in [0.2, 0.25) is 0 Å². The van der Waals surface area contributed by atoms with Crippen molar-refractivity contribution in [3.8, 4) is 0 Å². The average molecular weight is 503 g/mol. The van der Waals surface area contributed by atoms with Gasteiger partial charge in [-0.15, -0.1) is 24.0 Å². The molecule has 2 aliphatic rings. The van der Waals surface area contributed by atoms with E-state index in [-0.39, 0.29) is 24.0 Å². The number of ether oxygens (including phenoxy) is 2. The molecule has 8 heteroatoms. The summed E-state index contributed by atoms with van der Waals surface area (Å²) in [5.74, 6) is 1.44. The summed E-state index contributed by atoms with van der Waals surface area (Å²) in [7, 11) is 0. The molecule has 0 saturated carbocycles. The third-order valence-corrected chi connectivity index (χ3v) is 5.20. The van der Waals surface area contributed by atoms with Gasteiger partial charge in [0.05, 0.1) is 26.4 Å². The molecular weight excluding hydrogens is 469 g/mol. The van der Waals surface area contributed by atoms with Crippen molar-refractivity contribution in [2.75, 3.05) is 59.2 Å². The molecule has 158 valence electrons. The molecule has 0 bridgehead atoms. The summed E-state index contributed by atoms with van der Waals surface area (Å²) in [6.45, 7) is 9.88. The molecule has 2 N–H and O–H groups in total. The van der Waals surface area contributed by atoms with E-state index >= 15 is 0 Å². The van der Waals surface area contributed by atoms with Crippen LogP contribution in [-0.2, 0) is 15.9 Å². The molecule has 1 aromatic rings. The molecule has 2 saturated heterocycles. The summed E-state index contributed by atoms with van der Waals surface area (Å²) in [6.07, 6.45) is 3.85. The highest BCUT2D eigenvalue weighted by molar-refractivity contribution is 14.0. The Kier molecular flexibility index (Phi) is 11.1. The van der Waals surface area contributed by atoms with Gasteiger partial charge in [0.15, 0.2) is 5.96 Å². The Labute approximate surface area is 185 Å². The van der Waals surface area contributed by atoms with Crippen LogP contribution in [0, 0.1) is 5.92 Å². The molecule has 3 rings (SSSR count). The van der Waals surface area contributed by atoms with Crippen molar-refractivity contribution in [1.82, 2.24) is 20.5 Å². The number of halogens is 1. The lowest BCUT2D eigenvalue weighted by atomic mass is 9.97. The maximum atomic E-state index is 5.65. The second-order valence-corrected chi connectivity index (χ2v) is 7.06. The van der Waals surface area contributed by atoms with Gasteiger partial charge < -0.3 is 20.1 Å². The number of morpholine rings is 1. The highest BCUT2D eigenvalue weighted by atomic mass is 127. The van der Waals surface area contributed by atoms with Crippen molar-refractivity contribution in [2.24, 2.45) is 10.9 Å². The Balaban J connectivity index is 0.00000280. The lowest BCUT2D eigenvalue weighted by molar-refractivity contribution is 0.00368. The smallest absolute Gasteiger partial charge is 0.191 e. The van der Waals surface area contributed by atoms with Crippen LogP contribution in [0.5, 0.6) is 0 Å². The van der Waals surface area contributed by atoms with E-state index in [0.717, 1.165) is 83.6 Å². The van der Waals surface area contributed by atoms with E-state index in [1.165, 1.54) is 0 Å². The Bertz CT molecular complexity index is 563. The zero-order valence-corrected chi connectivity index (χ0v) is 19.1. The third kappa shape index (κ3) is 7.46. The third-order valence-electron chi connectivity index (χ3n) is 5.20. The molecule has 0 amide bonds. The first-order valence-electron chi connectivity index (χ1n) is 10.2. The van der Waals surface area contributed by atoms with Gasteiger partial charge >= 0.3 is 0 Å². The molecule has 1 aromatic heterocycles. The van der Waals surface area contributed by atoms with Crippen molar-refractivity contribution in [3.63, 3.8) is 0 Å². The number of aliphatic imine (C=N–C) groups is 1. The van der Waals surface area contributed by atoms with Gasteiger partial charge in [-0.2, -0.15) is 0 Å².